The van der Waals surface area contributed by atoms with Gasteiger partial charge in [0.15, 0.2) is 0 Å². The molecule has 1 aliphatic heterocycles. The number of esters is 1. The van der Waals surface area contributed by atoms with Gasteiger partial charge in [-0.15, -0.1) is 0 Å². The molecule has 1 aliphatic rings. The molecule has 146 valence electrons. The Morgan fingerprint density at radius 2 is 1.71 bits per heavy atom. The summed E-state index contributed by atoms with van der Waals surface area (Å²) in [6.07, 6.45) is 0. The molecule has 0 aromatic heterocycles. The van der Waals surface area contributed by atoms with Gasteiger partial charge in [0.25, 0.3) is 0 Å². The summed E-state index contributed by atoms with van der Waals surface area (Å²) >= 11 is 0. The molecular weight excluding hydrogens is 358 g/mol. The molecule has 7 nitrogen and oxygen atoms in total. The SMILES string of the molecule is CCOC(=O)CN1C(=O)CN(C(=O)Nc2ccccc2)c2cc(C)c(C)cc21. The van der Waals surface area contributed by atoms with E-state index in [1.807, 2.05) is 44.2 Å². The molecular formula is C21H23N3O4. The molecule has 0 fully saturated rings. The molecule has 28 heavy (non-hydrogen) atoms. The standard InChI is InChI=1S/C21H23N3O4/c1-4-28-20(26)13-23-17-10-14(2)15(3)11-18(17)24(12-19(23)25)21(27)22-16-8-6-5-7-9-16/h5-11H,4,12-13H2,1-3H3,(H,22,27). The van der Waals surface area contributed by atoms with Crippen LogP contribution in [0.2, 0.25) is 0 Å². The van der Waals surface area contributed by atoms with E-state index in [1.54, 1.807) is 19.1 Å². The molecule has 0 aliphatic carbocycles. The van der Waals surface area contributed by atoms with Gasteiger partial charge in [-0.05, 0) is 56.2 Å². The number of urea groups is 1. The Labute approximate surface area is 163 Å². The van der Waals surface area contributed by atoms with Gasteiger partial charge in [-0.2, -0.15) is 0 Å². The van der Waals surface area contributed by atoms with Crippen LogP contribution in [0, 0.1) is 13.8 Å². The van der Waals surface area contributed by atoms with Crippen LogP contribution in [0.5, 0.6) is 0 Å². The first-order valence-electron chi connectivity index (χ1n) is 9.11. The third-order valence-corrected chi connectivity index (χ3v) is 4.63. The van der Waals surface area contributed by atoms with Crippen LogP contribution in [0.4, 0.5) is 21.9 Å². The lowest BCUT2D eigenvalue weighted by molar-refractivity contribution is -0.142. The number of aryl methyl sites for hydroxylation is 2. The quantitative estimate of drug-likeness (QED) is 0.825. The Morgan fingerprint density at radius 1 is 1.07 bits per heavy atom. The molecule has 0 radical (unpaired) electrons. The molecule has 3 amide bonds. The monoisotopic (exact) mass is 381 g/mol. The van der Waals surface area contributed by atoms with Crippen molar-refractivity contribution < 1.29 is 19.1 Å². The van der Waals surface area contributed by atoms with E-state index in [0.29, 0.717) is 17.1 Å². The number of carbonyl (C=O) groups excluding carboxylic acids is 3. The van der Waals surface area contributed by atoms with Gasteiger partial charge in [0.2, 0.25) is 5.91 Å². The van der Waals surface area contributed by atoms with Crippen LogP contribution >= 0.6 is 0 Å². The van der Waals surface area contributed by atoms with E-state index in [4.69, 9.17) is 4.74 Å². The van der Waals surface area contributed by atoms with Crippen LogP contribution in [-0.4, -0.2) is 37.6 Å². The minimum Gasteiger partial charge on any atom is -0.465 e. The maximum atomic E-state index is 12.9. The number of para-hydroxylation sites is 1. The molecule has 0 saturated carbocycles. The molecule has 3 rings (SSSR count). The molecule has 0 unspecified atom stereocenters. The summed E-state index contributed by atoms with van der Waals surface area (Å²) in [4.78, 5) is 40.4. The number of rotatable bonds is 4. The van der Waals surface area contributed by atoms with E-state index < -0.39 is 12.0 Å². The van der Waals surface area contributed by atoms with Crippen molar-refractivity contribution in [2.24, 2.45) is 0 Å². The second-order valence-electron chi connectivity index (χ2n) is 6.59. The van der Waals surface area contributed by atoms with Crippen LogP contribution in [0.3, 0.4) is 0 Å². The van der Waals surface area contributed by atoms with Gasteiger partial charge in [0.05, 0.1) is 18.0 Å². The van der Waals surface area contributed by atoms with Crippen LogP contribution < -0.4 is 15.1 Å². The van der Waals surface area contributed by atoms with Gasteiger partial charge in [0.1, 0.15) is 13.1 Å². The van der Waals surface area contributed by atoms with Crippen LogP contribution in [0.1, 0.15) is 18.1 Å². The van der Waals surface area contributed by atoms with Gasteiger partial charge in [-0.25, -0.2) is 4.79 Å². The summed E-state index contributed by atoms with van der Waals surface area (Å²) in [7, 11) is 0. The summed E-state index contributed by atoms with van der Waals surface area (Å²) in [6, 6.07) is 12.3. The molecule has 2 aromatic rings. The lowest BCUT2D eigenvalue weighted by Crippen LogP contribution is -2.51. The highest BCUT2D eigenvalue weighted by Gasteiger charge is 2.34. The molecule has 7 heteroatoms. The number of ether oxygens (including phenoxy) is 1. The summed E-state index contributed by atoms with van der Waals surface area (Å²) in [5.41, 5.74) is 3.70. The summed E-state index contributed by atoms with van der Waals surface area (Å²) in [5, 5.41) is 2.81. The third kappa shape index (κ3) is 3.98. The second kappa shape index (κ2) is 8.12. The maximum Gasteiger partial charge on any atom is 0.326 e. The zero-order valence-electron chi connectivity index (χ0n) is 16.2. The predicted octanol–water partition coefficient (Wildman–Crippen LogP) is 3.25. The molecule has 0 atom stereocenters. The third-order valence-electron chi connectivity index (χ3n) is 4.63. The number of benzene rings is 2. The number of carbonyl (C=O) groups is 3. The Hall–Kier alpha value is -3.35. The van der Waals surface area contributed by atoms with E-state index in [9.17, 15) is 14.4 Å². The van der Waals surface area contributed by atoms with Crippen molar-refractivity contribution in [2.45, 2.75) is 20.8 Å². The number of hydrogen-bond acceptors (Lipinski definition) is 4. The van der Waals surface area contributed by atoms with E-state index in [0.717, 1.165) is 11.1 Å². The highest BCUT2D eigenvalue weighted by molar-refractivity contribution is 6.15. The number of anilines is 3. The van der Waals surface area contributed by atoms with E-state index in [-0.39, 0.29) is 25.6 Å². The number of fused-ring (bicyclic) bond motifs is 1. The molecule has 0 spiro atoms. The van der Waals surface area contributed by atoms with Gasteiger partial charge >= 0.3 is 12.0 Å². The number of nitrogens with one attached hydrogen (secondary N) is 1. The van der Waals surface area contributed by atoms with Crippen molar-refractivity contribution in [1.29, 1.82) is 0 Å². The minimum atomic E-state index is -0.484. The number of amides is 3. The lowest BCUT2D eigenvalue weighted by Gasteiger charge is -2.36. The van der Waals surface area contributed by atoms with Gasteiger partial charge < -0.3 is 10.1 Å². The fraction of sp³-hybridized carbons (Fsp3) is 0.286. The highest BCUT2D eigenvalue weighted by Crippen LogP contribution is 2.36. The number of hydrogen-bond donors (Lipinski definition) is 1. The normalized spacial score (nSPS) is 13.2. The Balaban J connectivity index is 1.95. The highest BCUT2D eigenvalue weighted by atomic mass is 16.5. The van der Waals surface area contributed by atoms with Crippen LogP contribution in [0.15, 0.2) is 42.5 Å². The molecule has 1 N–H and O–H groups in total. The van der Waals surface area contributed by atoms with Crippen molar-refractivity contribution in [3.63, 3.8) is 0 Å². The fourth-order valence-electron chi connectivity index (χ4n) is 3.06. The Morgan fingerprint density at radius 3 is 2.36 bits per heavy atom. The summed E-state index contributed by atoms with van der Waals surface area (Å²) < 4.78 is 4.99. The van der Waals surface area contributed by atoms with Crippen molar-refractivity contribution in [3.8, 4) is 0 Å². The van der Waals surface area contributed by atoms with Gasteiger partial charge in [0, 0.05) is 5.69 Å². The van der Waals surface area contributed by atoms with Crippen LogP contribution in [0.25, 0.3) is 0 Å². The molecule has 0 bridgehead atoms. The molecule has 0 saturated heterocycles. The molecule has 2 aromatic carbocycles. The van der Waals surface area contributed by atoms with Crippen LogP contribution in [-0.2, 0) is 14.3 Å². The Bertz CT molecular complexity index is 911. The van der Waals surface area contributed by atoms with Crippen molar-refractivity contribution in [2.75, 3.05) is 34.8 Å². The maximum absolute atomic E-state index is 12.9. The van der Waals surface area contributed by atoms with Crippen molar-refractivity contribution in [1.82, 2.24) is 0 Å². The first-order valence-corrected chi connectivity index (χ1v) is 9.11. The van der Waals surface area contributed by atoms with E-state index >= 15 is 0 Å². The zero-order valence-corrected chi connectivity index (χ0v) is 16.2. The average Bonchev–Trinajstić information content (AvgIpc) is 2.66. The topological polar surface area (TPSA) is 79.0 Å². The van der Waals surface area contributed by atoms with Crippen molar-refractivity contribution >= 4 is 35.0 Å². The van der Waals surface area contributed by atoms with E-state index in [1.165, 1.54) is 9.80 Å². The smallest absolute Gasteiger partial charge is 0.326 e. The minimum absolute atomic E-state index is 0.159. The van der Waals surface area contributed by atoms with Gasteiger partial charge in [-0.1, -0.05) is 18.2 Å². The fourth-order valence-corrected chi connectivity index (χ4v) is 3.06. The predicted molar refractivity (Wildman–Crippen MR) is 108 cm³/mol. The van der Waals surface area contributed by atoms with Gasteiger partial charge in [-0.3, -0.25) is 19.4 Å². The summed E-state index contributed by atoms with van der Waals surface area (Å²) in [5.74, 6) is -0.825. The molecule has 1 heterocycles. The lowest BCUT2D eigenvalue weighted by atomic mass is 10.0. The average molecular weight is 381 g/mol. The number of nitrogens with zero attached hydrogens (tertiary/aromatic N) is 2. The zero-order chi connectivity index (χ0) is 20.3. The van der Waals surface area contributed by atoms with Crippen molar-refractivity contribution in [3.05, 3.63) is 53.6 Å². The summed E-state index contributed by atoms with van der Waals surface area (Å²) in [6.45, 7) is 5.48. The largest absolute Gasteiger partial charge is 0.465 e. The second-order valence-corrected chi connectivity index (χ2v) is 6.59. The first kappa shape index (κ1) is 19.4. The van der Waals surface area contributed by atoms with E-state index in [2.05, 4.69) is 5.32 Å². The first-order chi connectivity index (χ1) is 13.4. The Kier molecular flexibility index (Phi) is 5.63.